The average molecular weight is 303 g/mol. The minimum Gasteiger partial charge on any atom is -0.480 e. The summed E-state index contributed by atoms with van der Waals surface area (Å²) < 4.78 is 22.9. The third-order valence-electron chi connectivity index (χ3n) is 4.52. The normalized spacial score (nSPS) is 26.4. The molecule has 1 amide bonds. The van der Waals surface area contributed by atoms with Crippen molar-refractivity contribution in [3.05, 3.63) is 0 Å². The number of carbonyl (C=O) groups excluding carboxylic acids is 1. The lowest BCUT2D eigenvalue weighted by molar-refractivity contribution is -0.146. The van der Waals surface area contributed by atoms with Crippen molar-refractivity contribution in [2.45, 2.75) is 39.2 Å². The van der Waals surface area contributed by atoms with Crippen molar-refractivity contribution in [3.63, 3.8) is 0 Å². The molecule has 0 aromatic heterocycles. The number of rotatable bonds is 4. The van der Waals surface area contributed by atoms with Crippen LogP contribution >= 0.6 is 0 Å². The zero-order valence-corrected chi connectivity index (χ0v) is 12.6. The van der Waals surface area contributed by atoms with Gasteiger partial charge in [0.05, 0.1) is 11.5 Å². The number of hydrogen-bond acceptors (Lipinski definition) is 4. The molecule has 1 aliphatic heterocycles. The van der Waals surface area contributed by atoms with Crippen molar-refractivity contribution in [1.29, 1.82) is 0 Å². The van der Waals surface area contributed by atoms with Gasteiger partial charge >= 0.3 is 5.97 Å². The average Bonchev–Trinajstić information content (AvgIpc) is 3.04. The quantitative estimate of drug-likeness (QED) is 0.817. The van der Waals surface area contributed by atoms with E-state index in [0.717, 1.165) is 0 Å². The maximum atomic E-state index is 12.4. The Balaban J connectivity index is 2.03. The van der Waals surface area contributed by atoms with Crippen molar-refractivity contribution < 1.29 is 23.1 Å². The second-order valence-electron chi connectivity index (χ2n) is 6.22. The summed E-state index contributed by atoms with van der Waals surface area (Å²) in [6.45, 7) is 3.30. The van der Waals surface area contributed by atoms with Crippen LogP contribution in [0.2, 0.25) is 0 Å². The Morgan fingerprint density at radius 1 is 1.30 bits per heavy atom. The molecule has 0 bridgehead atoms. The smallest absolute Gasteiger partial charge is 0.323 e. The Labute approximate surface area is 119 Å². The molecule has 1 saturated heterocycles. The van der Waals surface area contributed by atoms with Gasteiger partial charge in [-0.15, -0.1) is 0 Å². The third kappa shape index (κ3) is 2.97. The number of carboxylic acid groups (broad SMARTS) is 1. The number of carboxylic acids is 1. The number of nitrogens with zero attached hydrogens (tertiary/aromatic N) is 1. The van der Waals surface area contributed by atoms with E-state index >= 15 is 0 Å². The molecule has 1 heterocycles. The zero-order valence-electron chi connectivity index (χ0n) is 11.8. The fraction of sp³-hybridized carbons (Fsp3) is 0.846. The summed E-state index contributed by atoms with van der Waals surface area (Å²) in [5.41, 5.74) is -0.186. The van der Waals surface area contributed by atoms with E-state index in [9.17, 15) is 18.0 Å². The van der Waals surface area contributed by atoms with Crippen molar-refractivity contribution in [2.75, 3.05) is 18.1 Å². The van der Waals surface area contributed by atoms with Gasteiger partial charge in [-0.25, -0.2) is 8.42 Å². The Morgan fingerprint density at radius 3 is 2.30 bits per heavy atom. The molecule has 0 aromatic rings. The minimum atomic E-state index is -2.94. The molecule has 114 valence electrons. The Hall–Kier alpha value is -1.11. The van der Waals surface area contributed by atoms with E-state index < -0.39 is 15.8 Å². The maximum Gasteiger partial charge on any atom is 0.323 e. The van der Waals surface area contributed by atoms with E-state index in [1.165, 1.54) is 4.90 Å². The number of aliphatic carboxylic acids is 1. The highest BCUT2D eigenvalue weighted by Crippen LogP contribution is 2.60. The van der Waals surface area contributed by atoms with Gasteiger partial charge in [0.2, 0.25) is 5.91 Å². The van der Waals surface area contributed by atoms with Crippen molar-refractivity contribution in [1.82, 2.24) is 4.90 Å². The summed E-state index contributed by atoms with van der Waals surface area (Å²) in [6, 6.07) is -0.163. The van der Waals surface area contributed by atoms with Crippen molar-refractivity contribution in [3.8, 4) is 0 Å². The molecular formula is C13H21NO5S. The molecule has 1 spiro atoms. The van der Waals surface area contributed by atoms with Crippen LogP contribution in [0.15, 0.2) is 0 Å². The molecule has 0 radical (unpaired) electrons. The minimum absolute atomic E-state index is 0.137. The van der Waals surface area contributed by atoms with Gasteiger partial charge in [0.25, 0.3) is 0 Å². The molecule has 1 saturated carbocycles. The lowest BCUT2D eigenvalue weighted by atomic mass is 9.95. The van der Waals surface area contributed by atoms with Gasteiger partial charge in [0.1, 0.15) is 16.4 Å². The first-order valence-electron chi connectivity index (χ1n) is 6.90. The van der Waals surface area contributed by atoms with Crippen molar-refractivity contribution in [2.24, 2.45) is 11.3 Å². The zero-order chi connectivity index (χ0) is 15.1. The molecule has 1 aliphatic carbocycles. The fourth-order valence-electron chi connectivity index (χ4n) is 3.05. The summed E-state index contributed by atoms with van der Waals surface area (Å²) in [5.74, 6) is -1.05. The molecule has 2 rings (SSSR count). The van der Waals surface area contributed by atoms with Crippen LogP contribution in [0.5, 0.6) is 0 Å². The Kier molecular flexibility index (Phi) is 3.83. The lowest BCUT2D eigenvalue weighted by Gasteiger charge is -2.28. The Bertz CT molecular complexity index is 511. The van der Waals surface area contributed by atoms with Gasteiger partial charge < -0.3 is 10.0 Å². The van der Waals surface area contributed by atoms with E-state index in [2.05, 4.69) is 0 Å². The van der Waals surface area contributed by atoms with Gasteiger partial charge in [-0.2, -0.15) is 0 Å². The summed E-state index contributed by atoms with van der Waals surface area (Å²) in [4.78, 5) is 24.7. The van der Waals surface area contributed by atoms with Crippen LogP contribution in [0.1, 0.15) is 33.1 Å². The van der Waals surface area contributed by atoms with Crippen LogP contribution in [-0.2, 0) is 19.4 Å². The van der Waals surface area contributed by atoms with Gasteiger partial charge in [-0.05, 0) is 38.5 Å². The monoisotopic (exact) mass is 303 g/mol. The molecule has 2 aliphatic rings. The molecule has 1 N–H and O–H groups in total. The van der Waals surface area contributed by atoms with Gasteiger partial charge in [0.15, 0.2) is 0 Å². The lowest BCUT2D eigenvalue weighted by Crippen LogP contribution is -2.42. The Morgan fingerprint density at radius 2 is 1.85 bits per heavy atom. The first kappa shape index (κ1) is 15.3. The summed E-state index contributed by atoms with van der Waals surface area (Å²) in [7, 11) is -2.94. The SMILES string of the molecule is CC(C)N(CC(=O)O)C(=O)C1CC12CCS(=O)(=O)CC2. The number of amides is 1. The highest BCUT2D eigenvalue weighted by atomic mass is 32.2. The molecule has 1 unspecified atom stereocenters. The van der Waals surface area contributed by atoms with Crippen LogP contribution in [0.3, 0.4) is 0 Å². The van der Waals surface area contributed by atoms with E-state index in [1.54, 1.807) is 13.8 Å². The fourth-order valence-corrected chi connectivity index (χ4v) is 4.69. The van der Waals surface area contributed by atoms with Crippen LogP contribution in [0, 0.1) is 11.3 Å². The van der Waals surface area contributed by atoms with E-state index in [1.807, 2.05) is 0 Å². The predicted molar refractivity (Wildman–Crippen MR) is 72.9 cm³/mol. The topological polar surface area (TPSA) is 91.8 Å². The highest BCUT2D eigenvalue weighted by Gasteiger charge is 2.60. The number of sulfone groups is 1. The maximum absolute atomic E-state index is 12.4. The van der Waals surface area contributed by atoms with Gasteiger partial charge in [0, 0.05) is 12.0 Å². The second-order valence-corrected chi connectivity index (χ2v) is 8.53. The summed E-state index contributed by atoms with van der Waals surface area (Å²) in [5, 5.41) is 8.88. The van der Waals surface area contributed by atoms with Crippen LogP contribution < -0.4 is 0 Å². The number of hydrogen-bond donors (Lipinski definition) is 1. The van der Waals surface area contributed by atoms with Crippen LogP contribution in [-0.4, -0.2) is 54.4 Å². The molecule has 2 fully saturated rings. The summed E-state index contributed by atoms with van der Waals surface area (Å²) in [6.07, 6.45) is 1.76. The summed E-state index contributed by atoms with van der Waals surface area (Å²) >= 11 is 0. The predicted octanol–water partition coefficient (Wildman–Crippen LogP) is 0.523. The van der Waals surface area contributed by atoms with Crippen molar-refractivity contribution >= 4 is 21.7 Å². The largest absolute Gasteiger partial charge is 0.480 e. The standard InChI is InChI=1S/C13H21NO5S/c1-9(2)14(8-11(15)16)12(17)10-7-13(10)3-5-20(18,19)6-4-13/h9-10H,3-8H2,1-2H3,(H,15,16). The van der Waals surface area contributed by atoms with Crippen LogP contribution in [0.25, 0.3) is 0 Å². The molecule has 6 nitrogen and oxygen atoms in total. The van der Waals surface area contributed by atoms with E-state index in [-0.39, 0.29) is 41.3 Å². The first-order valence-corrected chi connectivity index (χ1v) is 8.72. The molecular weight excluding hydrogens is 282 g/mol. The molecule has 7 heteroatoms. The molecule has 1 atom stereocenters. The van der Waals surface area contributed by atoms with Gasteiger partial charge in [-0.1, -0.05) is 0 Å². The number of carbonyl (C=O) groups is 2. The van der Waals surface area contributed by atoms with E-state index in [0.29, 0.717) is 19.3 Å². The molecule has 20 heavy (non-hydrogen) atoms. The third-order valence-corrected chi connectivity index (χ3v) is 6.17. The first-order chi connectivity index (χ1) is 9.17. The highest BCUT2D eigenvalue weighted by molar-refractivity contribution is 7.91. The van der Waals surface area contributed by atoms with Crippen LogP contribution in [0.4, 0.5) is 0 Å². The van der Waals surface area contributed by atoms with E-state index in [4.69, 9.17) is 5.11 Å². The molecule has 0 aromatic carbocycles. The van der Waals surface area contributed by atoms with Gasteiger partial charge in [-0.3, -0.25) is 9.59 Å². The second kappa shape index (κ2) is 5.02.